The van der Waals surface area contributed by atoms with E-state index in [2.05, 4.69) is 69.4 Å². The van der Waals surface area contributed by atoms with Gasteiger partial charge in [-0.2, -0.15) is 0 Å². The molecule has 0 bridgehead atoms. The average Bonchev–Trinajstić information content (AvgIpc) is 3.40. The van der Waals surface area contributed by atoms with E-state index in [4.69, 9.17) is 14.2 Å². The minimum absolute atomic E-state index is 0.0821. The fourth-order valence-corrected chi connectivity index (χ4v) is 9.87. The van der Waals surface area contributed by atoms with E-state index < -0.39 is 6.10 Å². The van der Waals surface area contributed by atoms with Gasteiger partial charge in [0.1, 0.15) is 6.61 Å². The van der Waals surface area contributed by atoms with Crippen LogP contribution in [-0.4, -0.2) is 37.9 Å². The summed E-state index contributed by atoms with van der Waals surface area (Å²) in [4.78, 5) is 25.7. The van der Waals surface area contributed by atoms with Crippen LogP contribution in [0.1, 0.15) is 355 Å². The van der Waals surface area contributed by atoms with E-state index in [0.717, 1.165) is 57.8 Å². The second-order valence-corrected chi connectivity index (χ2v) is 22.4. The molecule has 0 aliphatic carbocycles. The molecular formula is C69H128O5. The largest absolute Gasteiger partial charge is 0.462 e. The molecule has 74 heavy (non-hydrogen) atoms. The molecule has 0 spiro atoms. The topological polar surface area (TPSA) is 61.8 Å². The highest BCUT2D eigenvalue weighted by Crippen LogP contribution is 2.17. The number of hydrogen-bond acceptors (Lipinski definition) is 5. The van der Waals surface area contributed by atoms with Crippen LogP contribution in [0.15, 0.2) is 48.6 Å². The first-order valence-electron chi connectivity index (χ1n) is 33.2. The van der Waals surface area contributed by atoms with Crippen LogP contribution < -0.4 is 0 Å². The van der Waals surface area contributed by atoms with E-state index in [0.29, 0.717) is 19.4 Å². The van der Waals surface area contributed by atoms with Crippen molar-refractivity contribution < 1.29 is 23.8 Å². The molecule has 0 aromatic heterocycles. The maximum Gasteiger partial charge on any atom is 0.306 e. The molecule has 5 heteroatoms. The van der Waals surface area contributed by atoms with Crippen LogP contribution >= 0.6 is 0 Å². The van der Waals surface area contributed by atoms with Gasteiger partial charge in [0.25, 0.3) is 0 Å². The number of unbranched alkanes of at least 4 members (excludes halogenated alkanes) is 43. The smallest absolute Gasteiger partial charge is 0.306 e. The van der Waals surface area contributed by atoms with Gasteiger partial charge in [0, 0.05) is 19.4 Å². The van der Waals surface area contributed by atoms with E-state index >= 15 is 0 Å². The van der Waals surface area contributed by atoms with Gasteiger partial charge in [0.05, 0.1) is 6.61 Å². The number of allylic oxidation sites excluding steroid dienone is 8. The maximum absolute atomic E-state index is 12.9. The van der Waals surface area contributed by atoms with Gasteiger partial charge in [-0.15, -0.1) is 0 Å². The minimum atomic E-state index is -0.542. The standard InChI is InChI=1S/C69H128O5/c1-4-7-10-13-16-19-22-25-28-31-34-37-40-43-46-49-52-55-58-61-64-72-65-67(74-69(71)63-60-57-54-51-48-45-42-39-36-33-30-27-24-21-18-15-12-9-6-3)66-73-68(70)62-59-56-53-50-47-44-41-38-35-32-29-26-23-20-17-14-11-8-5-2/h17,20,26-27,29-30,35,38,67H,4-16,18-19,21-25,28,31-34,36-37,39-66H2,1-3H3/b20-17-,29-26-,30-27-,38-35-. The second kappa shape index (κ2) is 65.1. The highest BCUT2D eigenvalue weighted by Gasteiger charge is 2.18. The molecule has 0 fully saturated rings. The minimum Gasteiger partial charge on any atom is -0.462 e. The molecule has 5 nitrogen and oxygen atoms in total. The number of rotatable bonds is 62. The van der Waals surface area contributed by atoms with E-state index in [1.54, 1.807) is 0 Å². The molecule has 1 unspecified atom stereocenters. The lowest BCUT2D eigenvalue weighted by molar-refractivity contribution is -0.163. The van der Waals surface area contributed by atoms with Crippen molar-refractivity contribution in [3.05, 3.63) is 48.6 Å². The molecule has 0 aliphatic rings. The first-order valence-corrected chi connectivity index (χ1v) is 33.2. The van der Waals surface area contributed by atoms with Crippen LogP contribution in [0.4, 0.5) is 0 Å². The van der Waals surface area contributed by atoms with Crippen molar-refractivity contribution >= 4 is 11.9 Å². The molecule has 0 saturated heterocycles. The second-order valence-electron chi connectivity index (χ2n) is 22.4. The summed E-state index contributed by atoms with van der Waals surface area (Å²) in [5.74, 6) is -0.392. The average molecular weight is 1040 g/mol. The first kappa shape index (κ1) is 71.9. The van der Waals surface area contributed by atoms with Crippen LogP contribution in [0.3, 0.4) is 0 Å². The Kier molecular flexibility index (Phi) is 63.3. The lowest BCUT2D eigenvalue weighted by Gasteiger charge is -2.18. The van der Waals surface area contributed by atoms with Gasteiger partial charge in [-0.25, -0.2) is 0 Å². The Morgan fingerprint density at radius 2 is 0.568 bits per heavy atom. The Labute approximate surface area is 462 Å². The number of hydrogen-bond donors (Lipinski definition) is 0. The number of carbonyl (C=O) groups excluding carboxylic acids is 2. The summed E-state index contributed by atoms with van der Waals surface area (Å²) in [7, 11) is 0. The number of esters is 2. The molecule has 0 radical (unpaired) electrons. The Morgan fingerprint density at radius 1 is 0.297 bits per heavy atom. The van der Waals surface area contributed by atoms with Crippen molar-refractivity contribution in [3.8, 4) is 0 Å². The van der Waals surface area contributed by atoms with Crippen molar-refractivity contribution in [1.82, 2.24) is 0 Å². The van der Waals surface area contributed by atoms with Crippen molar-refractivity contribution in [2.24, 2.45) is 0 Å². The maximum atomic E-state index is 12.9. The van der Waals surface area contributed by atoms with Gasteiger partial charge in [0.2, 0.25) is 0 Å². The zero-order valence-corrected chi connectivity index (χ0v) is 50.1. The first-order chi connectivity index (χ1) is 36.6. The van der Waals surface area contributed by atoms with Crippen molar-refractivity contribution in [2.75, 3.05) is 19.8 Å². The van der Waals surface area contributed by atoms with E-state index in [1.807, 2.05) is 0 Å². The fourth-order valence-electron chi connectivity index (χ4n) is 9.87. The molecular weight excluding hydrogens is 909 g/mol. The molecule has 0 aliphatic heterocycles. The summed E-state index contributed by atoms with van der Waals surface area (Å²) >= 11 is 0. The summed E-state index contributed by atoms with van der Waals surface area (Å²) in [6.45, 7) is 7.86. The summed E-state index contributed by atoms with van der Waals surface area (Å²) in [5.41, 5.74) is 0. The normalized spacial score (nSPS) is 12.4. The SMILES string of the molecule is CCCCC/C=C\C/C=C\C/C=C\CCCCCCCCC(=O)OCC(COCCCCCCCCCCCCCCCCCCCCCC)OC(=O)CCCCCCCCCCC/C=C\CCCCCCCC. The quantitative estimate of drug-likeness (QED) is 0.0345. The summed E-state index contributed by atoms with van der Waals surface area (Å²) in [5, 5.41) is 0. The van der Waals surface area contributed by atoms with Crippen LogP contribution in [0.25, 0.3) is 0 Å². The Hall–Kier alpha value is -2.14. The van der Waals surface area contributed by atoms with Crippen LogP contribution in [0.5, 0.6) is 0 Å². The van der Waals surface area contributed by atoms with Gasteiger partial charge in [0.15, 0.2) is 6.10 Å². The Morgan fingerprint density at radius 3 is 0.946 bits per heavy atom. The molecule has 0 saturated carbocycles. The molecule has 434 valence electrons. The molecule has 0 heterocycles. The van der Waals surface area contributed by atoms with Crippen LogP contribution in [-0.2, 0) is 23.8 Å². The number of ether oxygens (including phenoxy) is 3. The van der Waals surface area contributed by atoms with Crippen LogP contribution in [0, 0.1) is 0 Å². The third kappa shape index (κ3) is 62.4. The zero-order valence-electron chi connectivity index (χ0n) is 50.1. The summed E-state index contributed by atoms with van der Waals surface area (Å²) in [6, 6.07) is 0. The highest BCUT2D eigenvalue weighted by atomic mass is 16.6. The summed E-state index contributed by atoms with van der Waals surface area (Å²) < 4.78 is 17.6. The van der Waals surface area contributed by atoms with E-state index in [9.17, 15) is 9.59 Å². The van der Waals surface area contributed by atoms with Gasteiger partial charge in [-0.3, -0.25) is 9.59 Å². The van der Waals surface area contributed by atoms with Gasteiger partial charge < -0.3 is 14.2 Å². The molecule has 0 N–H and O–H groups in total. The summed E-state index contributed by atoms with van der Waals surface area (Å²) in [6.07, 6.45) is 83.0. The number of carbonyl (C=O) groups is 2. The highest BCUT2D eigenvalue weighted by molar-refractivity contribution is 5.70. The zero-order chi connectivity index (χ0) is 53.4. The van der Waals surface area contributed by atoms with E-state index in [-0.39, 0.29) is 25.2 Å². The molecule has 0 rings (SSSR count). The van der Waals surface area contributed by atoms with Crippen molar-refractivity contribution in [2.45, 2.75) is 361 Å². The van der Waals surface area contributed by atoms with E-state index in [1.165, 1.54) is 263 Å². The Balaban J connectivity index is 4.26. The van der Waals surface area contributed by atoms with Gasteiger partial charge in [-0.1, -0.05) is 307 Å². The fraction of sp³-hybridized carbons (Fsp3) is 0.855. The molecule has 0 aromatic carbocycles. The van der Waals surface area contributed by atoms with Crippen molar-refractivity contribution in [3.63, 3.8) is 0 Å². The predicted octanol–water partition coefficient (Wildman–Crippen LogP) is 23.0. The Bertz CT molecular complexity index is 1220. The third-order valence-corrected chi connectivity index (χ3v) is 14.8. The molecule has 1 atom stereocenters. The lowest BCUT2D eigenvalue weighted by atomic mass is 10.0. The van der Waals surface area contributed by atoms with Crippen LogP contribution in [0.2, 0.25) is 0 Å². The van der Waals surface area contributed by atoms with Gasteiger partial charge in [-0.05, 0) is 83.5 Å². The van der Waals surface area contributed by atoms with Crippen molar-refractivity contribution in [1.29, 1.82) is 0 Å². The lowest BCUT2D eigenvalue weighted by Crippen LogP contribution is -2.30. The predicted molar refractivity (Wildman–Crippen MR) is 325 cm³/mol. The monoisotopic (exact) mass is 1040 g/mol. The molecule has 0 amide bonds. The van der Waals surface area contributed by atoms with Gasteiger partial charge >= 0.3 is 11.9 Å². The third-order valence-electron chi connectivity index (χ3n) is 14.8. The molecule has 0 aromatic rings.